The zero-order valence-corrected chi connectivity index (χ0v) is 45.3. The molecule has 0 aromatic heterocycles. The summed E-state index contributed by atoms with van der Waals surface area (Å²) in [7, 11) is 0. The van der Waals surface area contributed by atoms with Gasteiger partial charge in [-0.25, -0.2) is 0 Å². The Bertz CT molecular complexity index is 1010. The average molecular weight is 934 g/mol. The number of hydrogen-bond acceptors (Lipinski definition) is 6. The number of hydrogen-bond donors (Lipinski definition) is 0. The maximum Gasteiger partial charge on any atom is 0.306 e. The van der Waals surface area contributed by atoms with Crippen molar-refractivity contribution in [2.45, 2.75) is 343 Å². The molecule has 6 heteroatoms. The molecule has 6 nitrogen and oxygen atoms in total. The molecular formula is C60H116O6. The molecule has 0 saturated carbocycles. The fourth-order valence-corrected chi connectivity index (χ4v) is 9.23. The SMILES string of the molecule is CCCCCCCCCCCCCC(=O)OC[C@@H](COC(=O)CCCCCCCCCCCCCCCCCCC(C)C)OC(=O)CCCCCCCCCCCCCCCCCC(C)C. The predicted molar refractivity (Wildman–Crippen MR) is 284 cm³/mol. The van der Waals surface area contributed by atoms with Crippen LogP contribution in [0.25, 0.3) is 0 Å². The number of rotatable bonds is 54. The molecule has 0 radical (unpaired) electrons. The Morgan fingerprint density at radius 1 is 0.288 bits per heavy atom. The van der Waals surface area contributed by atoms with Crippen LogP contribution in [-0.4, -0.2) is 37.2 Å². The summed E-state index contributed by atoms with van der Waals surface area (Å²) < 4.78 is 16.9. The van der Waals surface area contributed by atoms with E-state index in [9.17, 15) is 14.4 Å². The Labute approximate surface area is 412 Å². The van der Waals surface area contributed by atoms with E-state index < -0.39 is 6.10 Å². The average Bonchev–Trinajstić information content (AvgIpc) is 3.29. The topological polar surface area (TPSA) is 78.9 Å². The van der Waals surface area contributed by atoms with Crippen LogP contribution in [0.2, 0.25) is 0 Å². The lowest BCUT2D eigenvalue weighted by molar-refractivity contribution is -0.167. The van der Waals surface area contributed by atoms with Crippen molar-refractivity contribution in [2.75, 3.05) is 13.2 Å². The summed E-state index contributed by atoms with van der Waals surface area (Å²) in [5.74, 6) is 0.863. The molecule has 0 unspecified atom stereocenters. The third-order valence-corrected chi connectivity index (χ3v) is 13.7. The second-order valence-electron chi connectivity index (χ2n) is 21.6. The van der Waals surface area contributed by atoms with Crippen molar-refractivity contribution in [1.82, 2.24) is 0 Å². The highest BCUT2D eigenvalue weighted by atomic mass is 16.6. The molecule has 0 aliphatic rings. The second-order valence-corrected chi connectivity index (χ2v) is 21.6. The molecule has 0 N–H and O–H groups in total. The van der Waals surface area contributed by atoms with Crippen LogP contribution in [0.5, 0.6) is 0 Å². The summed E-state index contributed by atoms with van der Waals surface area (Å²) in [6, 6.07) is 0. The van der Waals surface area contributed by atoms with Gasteiger partial charge in [0.1, 0.15) is 13.2 Å². The maximum absolute atomic E-state index is 12.9. The number of carbonyl (C=O) groups is 3. The van der Waals surface area contributed by atoms with Gasteiger partial charge in [-0.05, 0) is 31.1 Å². The Kier molecular flexibility index (Phi) is 51.5. The molecule has 0 aromatic carbocycles. The third-order valence-electron chi connectivity index (χ3n) is 13.7. The van der Waals surface area contributed by atoms with Gasteiger partial charge < -0.3 is 14.2 Å². The van der Waals surface area contributed by atoms with Crippen LogP contribution in [0.15, 0.2) is 0 Å². The second kappa shape index (κ2) is 52.8. The summed E-state index contributed by atoms with van der Waals surface area (Å²) in [6.07, 6.45) is 56.7. The van der Waals surface area contributed by atoms with Gasteiger partial charge >= 0.3 is 17.9 Å². The number of carbonyl (C=O) groups excluding carboxylic acids is 3. The minimum absolute atomic E-state index is 0.0623. The van der Waals surface area contributed by atoms with Crippen LogP contribution in [0.1, 0.15) is 336 Å². The first-order valence-corrected chi connectivity index (χ1v) is 29.7. The molecule has 392 valence electrons. The van der Waals surface area contributed by atoms with Gasteiger partial charge in [0.05, 0.1) is 0 Å². The van der Waals surface area contributed by atoms with Gasteiger partial charge in [-0.3, -0.25) is 14.4 Å². The van der Waals surface area contributed by atoms with E-state index in [1.54, 1.807) is 0 Å². The quantitative estimate of drug-likeness (QED) is 0.0343. The molecule has 0 heterocycles. The summed E-state index contributed by atoms with van der Waals surface area (Å²) in [4.78, 5) is 38.1. The van der Waals surface area contributed by atoms with E-state index in [4.69, 9.17) is 14.2 Å². The molecule has 0 spiro atoms. The zero-order valence-electron chi connectivity index (χ0n) is 45.3. The first-order valence-electron chi connectivity index (χ1n) is 29.7. The first-order chi connectivity index (χ1) is 32.2. The lowest BCUT2D eigenvalue weighted by Crippen LogP contribution is -2.30. The van der Waals surface area contributed by atoms with Crippen molar-refractivity contribution in [3.63, 3.8) is 0 Å². The Balaban J connectivity index is 4.24. The Hall–Kier alpha value is -1.59. The minimum Gasteiger partial charge on any atom is -0.462 e. The number of unbranched alkanes of at least 4 members (excludes halogenated alkanes) is 39. The smallest absolute Gasteiger partial charge is 0.306 e. The van der Waals surface area contributed by atoms with Gasteiger partial charge in [0.15, 0.2) is 6.10 Å². The number of esters is 3. The maximum atomic E-state index is 12.9. The van der Waals surface area contributed by atoms with Gasteiger partial charge in [0.2, 0.25) is 0 Å². The van der Waals surface area contributed by atoms with Gasteiger partial charge in [-0.15, -0.1) is 0 Å². The van der Waals surface area contributed by atoms with Crippen molar-refractivity contribution < 1.29 is 28.6 Å². The lowest BCUT2D eigenvalue weighted by atomic mass is 10.0. The van der Waals surface area contributed by atoms with Crippen LogP contribution in [0, 0.1) is 11.8 Å². The summed E-state index contributed by atoms with van der Waals surface area (Å²) in [5, 5.41) is 0. The highest BCUT2D eigenvalue weighted by Crippen LogP contribution is 2.18. The zero-order chi connectivity index (χ0) is 48.2. The van der Waals surface area contributed by atoms with E-state index in [0.29, 0.717) is 19.3 Å². The van der Waals surface area contributed by atoms with E-state index in [1.165, 1.54) is 225 Å². The van der Waals surface area contributed by atoms with E-state index in [0.717, 1.165) is 69.6 Å². The monoisotopic (exact) mass is 933 g/mol. The van der Waals surface area contributed by atoms with Crippen molar-refractivity contribution in [3.8, 4) is 0 Å². The van der Waals surface area contributed by atoms with Crippen molar-refractivity contribution in [3.05, 3.63) is 0 Å². The molecule has 0 bridgehead atoms. The molecule has 0 amide bonds. The van der Waals surface area contributed by atoms with Crippen molar-refractivity contribution in [2.24, 2.45) is 11.8 Å². The van der Waals surface area contributed by atoms with Gasteiger partial charge in [-0.1, -0.05) is 298 Å². The summed E-state index contributed by atoms with van der Waals surface area (Å²) >= 11 is 0. The van der Waals surface area contributed by atoms with Crippen molar-refractivity contribution in [1.29, 1.82) is 0 Å². The summed E-state index contributed by atoms with van der Waals surface area (Å²) in [5.41, 5.74) is 0. The van der Waals surface area contributed by atoms with Crippen molar-refractivity contribution >= 4 is 17.9 Å². The largest absolute Gasteiger partial charge is 0.462 e. The van der Waals surface area contributed by atoms with E-state index in [-0.39, 0.29) is 31.1 Å². The summed E-state index contributed by atoms with van der Waals surface area (Å²) in [6.45, 7) is 11.4. The fourth-order valence-electron chi connectivity index (χ4n) is 9.23. The molecule has 0 aliphatic heterocycles. The third kappa shape index (κ3) is 53.4. The van der Waals surface area contributed by atoms with Gasteiger partial charge in [0.25, 0.3) is 0 Å². The Morgan fingerprint density at radius 3 is 0.742 bits per heavy atom. The van der Waals surface area contributed by atoms with E-state index >= 15 is 0 Å². The predicted octanol–water partition coefficient (Wildman–Crippen LogP) is 19.7. The minimum atomic E-state index is -0.762. The van der Waals surface area contributed by atoms with E-state index in [2.05, 4.69) is 34.6 Å². The van der Waals surface area contributed by atoms with Crippen LogP contribution in [0.3, 0.4) is 0 Å². The molecule has 66 heavy (non-hydrogen) atoms. The standard InChI is InChI=1S/C60H116O6/c1-6-7-8-9-10-11-23-30-35-40-45-50-58(61)64-53-57(66-60(63)52-47-42-37-32-27-22-18-14-16-20-25-29-34-39-44-49-56(4)5)54-65-59(62)51-46-41-36-31-26-21-17-13-12-15-19-24-28-33-38-43-48-55(2)3/h55-57H,6-54H2,1-5H3/t57-/m0/s1. The van der Waals surface area contributed by atoms with E-state index in [1.807, 2.05) is 0 Å². The van der Waals surface area contributed by atoms with Crippen LogP contribution in [0.4, 0.5) is 0 Å². The van der Waals surface area contributed by atoms with Crippen LogP contribution < -0.4 is 0 Å². The molecule has 0 aliphatic carbocycles. The van der Waals surface area contributed by atoms with Gasteiger partial charge in [-0.2, -0.15) is 0 Å². The highest BCUT2D eigenvalue weighted by Gasteiger charge is 2.19. The normalized spacial score (nSPS) is 12.0. The highest BCUT2D eigenvalue weighted by molar-refractivity contribution is 5.71. The molecular weight excluding hydrogens is 817 g/mol. The Morgan fingerprint density at radius 2 is 0.500 bits per heavy atom. The van der Waals surface area contributed by atoms with Crippen LogP contribution >= 0.6 is 0 Å². The molecule has 0 aromatic rings. The lowest BCUT2D eigenvalue weighted by Gasteiger charge is -2.18. The molecule has 0 saturated heterocycles. The molecule has 1 atom stereocenters. The first kappa shape index (κ1) is 64.4. The molecule has 0 fully saturated rings. The fraction of sp³-hybridized carbons (Fsp3) is 0.950. The number of ether oxygens (including phenoxy) is 3. The van der Waals surface area contributed by atoms with Gasteiger partial charge in [0, 0.05) is 19.3 Å². The molecule has 0 rings (SSSR count). The van der Waals surface area contributed by atoms with Crippen LogP contribution in [-0.2, 0) is 28.6 Å².